The summed E-state index contributed by atoms with van der Waals surface area (Å²) in [6, 6.07) is 9.81. The smallest absolute Gasteiger partial charge is 0.233 e. The Morgan fingerprint density at radius 2 is 1.29 bits per heavy atom. The number of rotatable bonds is 4. The average molecular weight is 324 g/mol. The first-order valence-corrected chi connectivity index (χ1v) is 8.01. The van der Waals surface area contributed by atoms with Crippen molar-refractivity contribution in [2.24, 2.45) is 0 Å². The maximum atomic E-state index is 12.2. The van der Waals surface area contributed by atoms with Crippen LogP contribution in [0.3, 0.4) is 0 Å². The maximum Gasteiger partial charge on any atom is 0.233 e. The van der Waals surface area contributed by atoms with Crippen molar-refractivity contribution in [3.05, 3.63) is 58.1 Å². The van der Waals surface area contributed by atoms with Gasteiger partial charge in [-0.2, -0.15) is 0 Å². The molecule has 0 heterocycles. The van der Waals surface area contributed by atoms with Crippen molar-refractivity contribution in [3.8, 4) is 0 Å². The molecule has 4 nitrogen and oxygen atoms in total. The molecule has 2 aromatic rings. The summed E-state index contributed by atoms with van der Waals surface area (Å²) < 4.78 is 0. The molecule has 0 atom stereocenters. The molecule has 0 bridgehead atoms. The second kappa shape index (κ2) is 7.30. The summed E-state index contributed by atoms with van der Waals surface area (Å²) in [5.74, 6) is -0.630. The van der Waals surface area contributed by atoms with Gasteiger partial charge in [-0.25, -0.2) is 0 Å². The van der Waals surface area contributed by atoms with Gasteiger partial charge in [0.1, 0.15) is 6.42 Å². The molecule has 0 fully saturated rings. The normalized spacial score (nSPS) is 10.4. The van der Waals surface area contributed by atoms with Gasteiger partial charge in [0.15, 0.2) is 0 Å². The summed E-state index contributed by atoms with van der Waals surface area (Å²) in [5.41, 5.74) is 6.77. The molecular formula is C20H24N2O2. The highest BCUT2D eigenvalue weighted by atomic mass is 16.2. The molecule has 0 aliphatic carbocycles. The van der Waals surface area contributed by atoms with Crippen LogP contribution in [0.2, 0.25) is 0 Å². The van der Waals surface area contributed by atoms with E-state index < -0.39 is 0 Å². The Morgan fingerprint density at radius 3 is 1.88 bits per heavy atom. The zero-order chi connectivity index (χ0) is 17.9. The van der Waals surface area contributed by atoms with E-state index in [0.29, 0.717) is 0 Å². The van der Waals surface area contributed by atoms with E-state index in [1.807, 2.05) is 65.0 Å². The number of hydrogen-bond donors (Lipinski definition) is 2. The summed E-state index contributed by atoms with van der Waals surface area (Å²) >= 11 is 0. The lowest BCUT2D eigenvalue weighted by Gasteiger charge is -2.13. The van der Waals surface area contributed by atoms with Crippen LogP contribution >= 0.6 is 0 Å². The van der Waals surface area contributed by atoms with Crippen LogP contribution in [-0.2, 0) is 9.59 Å². The van der Waals surface area contributed by atoms with Crippen LogP contribution in [-0.4, -0.2) is 11.8 Å². The van der Waals surface area contributed by atoms with Gasteiger partial charge in [-0.05, 0) is 57.4 Å². The van der Waals surface area contributed by atoms with E-state index in [1.165, 1.54) is 0 Å². The first kappa shape index (κ1) is 17.7. The van der Waals surface area contributed by atoms with Crippen molar-refractivity contribution in [2.75, 3.05) is 10.6 Å². The lowest BCUT2D eigenvalue weighted by atomic mass is 10.0. The van der Waals surface area contributed by atoms with Crippen LogP contribution < -0.4 is 10.6 Å². The third-order valence-corrected chi connectivity index (χ3v) is 3.92. The summed E-state index contributed by atoms with van der Waals surface area (Å²) in [6.07, 6.45) is -0.208. The number of benzene rings is 2. The van der Waals surface area contributed by atoms with Crippen LogP contribution in [0.25, 0.3) is 0 Å². The average Bonchev–Trinajstić information content (AvgIpc) is 2.45. The molecule has 0 radical (unpaired) electrons. The Balaban J connectivity index is 2.01. The number of amides is 2. The SMILES string of the molecule is Cc1ccc(NC(=O)CC(=O)Nc2c(C)cc(C)cc2C)c(C)c1. The van der Waals surface area contributed by atoms with E-state index in [2.05, 4.69) is 10.6 Å². The highest BCUT2D eigenvalue weighted by Crippen LogP contribution is 2.22. The molecule has 126 valence electrons. The first-order chi connectivity index (χ1) is 11.3. The molecule has 0 spiro atoms. The molecule has 4 heteroatoms. The standard InChI is InChI=1S/C20H24N2O2/c1-12-6-7-17(14(3)8-12)21-18(23)11-19(24)22-20-15(4)9-13(2)10-16(20)5/h6-10H,11H2,1-5H3,(H,21,23)(H,22,24). The van der Waals surface area contributed by atoms with E-state index in [0.717, 1.165) is 39.2 Å². The number of hydrogen-bond acceptors (Lipinski definition) is 2. The van der Waals surface area contributed by atoms with Crippen LogP contribution in [0.4, 0.5) is 11.4 Å². The van der Waals surface area contributed by atoms with E-state index in [-0.39, 0.29) is 18.2 Å². The fraction of sp³-hybridized carbons (Fsp3) is 0.300. The zero-order valence-corrected chi connectivity index (χ0v) is 14.9. The second-order valence-electron chi connectivity index (χ2n) is 6.37. The third kappa shape index (κ3) is 4.44. The van der Waals surface area contributed by atoms with E-state index in [1.54, 1.807) is 0 Å². The highest BCUT2D eigenvalue weighted by Gasteiger charge is 2.13. The Kier molecular flexibility index (Phi) is 5.39. The van der Waals surface area contributed by atoms with Gasteiger partial charge in [0.05, 0.1) is 0 Å². The highest BCUT2D eigenvalue weighted by molar-refractivity contribution is 6.08. The molecule has 2 N–H and O–H groups in total. The van der Waals surface area contributed by atoms with Gasteiger partial charge in [0.2, 0.25) is 11.8 Å². The van der Waals surface area contributed by atoms with Gasteiger partial charge in [-0.15, -0.1) is 0 Å². The molecule has 2 amide bonds. The van der Waals surface area contributed by atoms with Crippen molar-refractivity contribution >= 4 is 23.2 Å². The fourth-order valence-electron chi connectivity index (χ4n) is 2.85. The Morgan fingerprint density at radius 1 is 0.750 bits per heavy atom. The van der Waals surface area contributed by atoms with Gasteiger partial charge in [0, 0.05) is 11.4 Å². The minimum absolute atomic E-state index is 0.208. The molecule has 0 saturated heterocycles. The number of carbonyl (C=O) groups is 2. The first-order valence-electron chi connectivity index (χ1n) is 8.01. The number of anilines is 2. The van der Waals surface area contributed by atoms with Crippen LogP contribution in [0.15, 0.2) is 30.3 Å². The number of nitrogens with one attached hydrogen (secondary N) is 2. The van der Waals surface area contributed by atoms with Crippen molar-refractivity contribution in [2.45, 2.75) is 41.0 Å². The quantitative estimate of drug-likeness (QED) is 0.828. The monoisotopic (exact) mass is 324 g/mol. The van der Waals surface area contributed by atoms with Crippen molar-refractivity contribution in [3.63, 3.8) is 0 Å². The third-order valence-electron chi connectivity index (χ3n) is 3.92. The summed E-state index contributed by atoms with van der Waals surface area (Å²) in [6.45, 7) is 9.85. The summed E-state index contributed by atoms with van der Waals surface area (Å²) in [4.78, 5) is 24.3. The fourth-order valence-corrected chi connectivity index (χ4v) is 2.85. The Labute approximate surface area is 143 Å². The van der Waals surface area contributed by atoms with E-state index >= 15 is 0 Å². The number of aryl methyl sites for hydroxylation is 5. The predicted octanol–water partition coefficient (Wildman–Crippen LogP) is 4.20. The van der Waals surface area contributed by atoms with Crippen molar-refractivity contribution < 1.29 is 9.59 Å². The largest absolute Gasteiger partial charge is 0.325 e. The second-order valence-corrected chi connectivity index (χ2v) is 6.37. The molecule has 24 heavy (non-hydrogen) atoms. The van der Waals surface area contributed by atoms with Crippen molar-refractivity contribution in [1.82, 2.24) is 0 Å². The molecule has 0 unspecified atom stereocenters. The minimum Gasteiger partial charge on any atom is -0.325 e. The van der Waals surface area contributed by atoms with Crippen LogP contribution in [0.1, 0.15) is 34.2 Å². The Hall–Kier alpha value is -2.62. The van der Waals surface area contributed by atoms with Crippen LogP contribution in [0, 0.1) is 34.6 Å². The molecule has 0 aliphatic rings. The van der Waals surface area contributed by atoms with Gasteiger partial charge in [-0.3, -0.25) is 9.59 Å². The van der Waals surface area contributed by atoms with Crippen LogP contribution in [0.5, 0.6) is 0 Å². The van der Waals surface area contributed by atoms with E-state index in [4.69, 9.17) is 0 Å². The van der Waals surface area contributed by atoms with Gasteiger partial charge in [0.25, 0.3) is 0 Å². The molecule has 0 aromatic heterocycles. The lowest BCUT2D eigenvalue weighted by Crippen LogP contribution is -2.22. The molecule has 0 aliphatic heterocycles. The van der Waals surface area contributed by atoms with Gasteiger partial charge in [-0.1, -0.05) is 35.4 Å². The number of carbonyl (C=O) groups excluding carboxylic acids is 2. The predicted molar refractivity (Wildman–Crippen MR) is 98.4 cm³/mol. The molecule has 2 aromatic carbocycles. The maximum absolute atomic E-state index is 12.2. The molecule has 2 rings (SSSR count). The Bertz CT molecular complexity index is 771. The molecule has 0 saturated carbocycles. The molecular weight excluding hydrogens is 300 g/mol. The van der Waals surface area contributed by atoms with E-state index in [9.17, 15) is 9.59 Å². The topological polar surface area (TPSA) is 58.2 Å². The van der Waals surface area contributed by atoms with Crippen molar-refractivity contribution in [1.29, 1.82) is 0 Å². The van der Waals surface area contributed by atoms with Gasteiger partial charge >= 0.3 is 0 Å². The van der Waals surface area contributed by atoms with Gasteiger partial charge < -0.3 is 10.6 Å². The summed E-state index contributed by atoms with van der Waals surface area (Å²) in [7, 11) is 0. The lowest BCUT2D eigenvalue weighted by molar-refractivity contribution is -0.123. The minimum atomic E-state index is -0.318. The zero-order valence-electron chi connectivity index (χ0n) is 14.9. The summed E-state index contributed by atoms with van der Waals surface area (Å²) in [5, 5.41) is 5.64.